The highest BCUT2D eigenvalue weighted by Gasteiger charge is 2.15. The van der Waals surface area contributed by atoms with Crippen molar-refractivity contribution in [2.75, 3.05) is 5.94 Å². The first-order chi connectivity index (χ1) is 7.66. The summed E-state index contributed by atoms with van der Waals surface area (Å²) in [6.07, 6.45) is 0.537. The summed E-state index contributed by atoms with van der Waals surface area (Å²) in [5.74, 6) is 0.681. The van der Waals surface area contributed by atoms with Crippen LogP contribution in [-0.2, 0) is 4.79 Å². The van der Waals surface area contributed by atoms with Crippen LogP contribution in [0.2, 0.25) is 0 Å². The number of aliphatic carboxylic acids is 1. The summed E-state index contributed by atoms with van der Waals surface area (Å²) in [4.78, 5) is 11.6. The van der Waals surface area contributed by atoms with Crippen molar-refractivity contribution in [1.82, 2.24) is 0 Å². The zero-order valence-electron chi connectivity index (χ0n) is 8.68. The van der Waals surface area contributed by atoms with Crippen LogP contribution in [0.4, 0.5) is 0 Å². The molecule has 0 amide bonds. The van der Waals surface area contributed by atoms with E-state index < -0.39 is 5.97 Å². The molecule has 1 atom stereocenters. The van der Waals surface area contributed by atoms with Gasteiger partial charge in [0.1, 0.15) is 11.7 Å². The summed E-state index contributed by atoms with van der Waals surface area (Å²) in [6, 6.07) is 5.58. The lowest BCUT2D eigenvalue weighted by atomic mass is 10.0. The number of hydrogen-bond donors (Lipinski definition) is 2. The van der Waals surface area contributed by atoms with Crippen molar-refractivity contribution < 1.29 is 14.6 Å². The lowest BCUT2D eigenvalue weighted by Crippen LogP contribution is -2.12. The van der Waals surface area contributed by atoms with Crippen molar-refractivity contribution in [1.29, 1.82) is 0 Å². The van der Waals surface area contributed by atoms with Crippen LogP contribution in [0.25, 0.3) is 0 Å². The second kappa shape index (κ2) is 4.76. The first kappa shape index (κ1) is 11.3. The summed E-state index contributed by atoms with van der Waals surface area (Å²) in [7, 11) is 0. The van der Waals surface area contributed by atoms with Crippen LogP contribution in [0.15, 0.2) is 23.1 Å². The van der Waals surface area contributed by atoms with Gasteiger partial charge in [-0.3, -0.25) is 4.79 Å². The molecular weight excluding hydrogens is 226 g/mol. The standard InChI is InChI=1S/C11H13NO3S/c12-8(2-4-11(13)14)7-1-3-10-9(5-7)15-6-16-10/h1,3,5,8H,2,4,6,12H2,(H,13,14). The molecule has 86 valence electrons. The number of rotatable bonds is 4. The zero-order valence-corrected chi connectivity index (χ0v) is 9.50. The van der Waals surface area contributed by atoms with E-state index in [9.17, 15) is 4.79 Å². The molecule has 0 aromatic heterocycles. The maximum absolute atomic E-state index is 10.4. The topological polar surface area (TPSA) is 72.6 Å². The van der Waals surface area contributed by atoms with Gasteiger partial charge in [0.2, 0.25) is 0 Å². The Bertz CT molecular complexity index is 408. The Morgan fingerprint density at radius 3 is 3.19 bits per heavy atom. The van der Waals surface area contributed by atoms with E-state index in [2.05, 4.69) is 0 Å². The third-order valence-electron chi connectivity index (χ3n) is 2.49. The fourth-order valence-corrected chi connectivity index (χ4v) is 2.33. The maximum Gasteiger partial charge on any atom is 0.303 e. The Labute approximate surface area is 97.8 Å². The molecule has 3 N–H and O–H groups in total. The number of thioether (sulfide) groups is 1. The number of fused-ring (bicyclic) bond motifs is 1. The number of benzene rings is 1. The van der Waals surface area contributed by atoms with E-state index in [1.165, 1.54) is 0 Å². The monoisotopic (exact) mass is 239 g/mol. The van der Waals surface area contributed by atoms with Gasteiger partial charge < -0.3 is 15.6 Å². The van der Waals surface area contributed by atoms with E-state index in [0.717, 1.165) is 16.2 Å². The molecule has 0 radical (unpaired) electrons. The van der Waals surface area contributed by atoms with E-state index in [1.54, 1.807) is 11.8 Å². The van der Waals surface area contributed by atoms with Crippen molar-refractivity contribution in [3.8, 4) is 5.75 Å². The predicted octanol–water partition coefficient (Wildman–Crippen LogP) is 1.99. The average molecular weight is 239 g/mol. The van der Waals surface area contributed by atoms with Gasteiger partial charge in [0.15, 0.2) is 0 Å². The minimum atomic E-state index is -0.816. The van der Waals surface area contributed by atoms with Crippen molar-refractivity contribution >= 4 is 17.7 Å². The van der Waals surface area contributed by atoms with E-state index in [-0.39, 0.29) is 12.5 Å². The second-order valence-electron chi connectivity index (χ2n) is 3.65. The molecule has 0 fully saturated rings. The van der Waals surface area contributed by atoms with Crippen LogP contribution in [0.1, 0.15) is 24.4 Å². The predicted molar refractivity (Wildman–Crippen MR) is 61.6 cm³/mol. The quantitative estimate of drug-likeness (QED) is 0.840. The molecule has 1 aromatic carbocycles. The largest absolute Gasteiger partial charge is 0.481 e. The SMILES string of the molecule is NC(CCC(=O)O)c1ccc2c(c1)OCS2. The average Bonchev–Trinajstić information content (AvgIpc) is 2.72. The number of ether oxygens (including phenoxy) is 1. The normalized spacial score (nSPS) is 15.3. The van der Waals surface area contributed by atoms with E-state index in [0.29, 0.717) is 12.4 Å². The Morgan fingerprint density at radius 2 is 2.44 bits per heavy atom. The highest BCUT2D eigenvalue weighted by molar-refractivity contribution is 7.99. The number of hydrogen-bond acceptors (Lipinski definition) is 4. The molecule has 1 heterocycles. The van der Waals surface area contributed by atoms with Gasteiger partial charge in [0, 0.05) is 12.5 Å². The maximum atomic E-state index is 10.4. The Morgan fingerprint density at radius 1 is 1.62 bits per heavy atom. The van der Waals surface area contributed by atoms with E-state index in [1.807, 2.05) is 18.2 Å². The molecule has 5 heteroatoms. The third kappa shape index (κ3) is 2.48. The summed E-state index contributed by atoms with van der Waals surface area (Å²) in [6.45, 7) is 0. The number of nitrogens with two attached hydrogens (primary N) is 1. The van der Waals surface area contributed by atoms with Crippen LogP contribution >= 0.6 is 11.8 Å². The molecule has 0 aliphatic carbocycles. The van der Waals surface area contributed by atoms with Gasteiger partial charge in [0.05, 0.1) is 4.90 Å². The lowest BCUT2D eigenvalue weighted by molar-refractivity contribution is -0.137. The third-order valence-corrected chi connectivity index (χ3v) is 3.38. The molecule has 1 aromatic rings. The number of carboxylic acid groups (broad SMARTS) is 1. The van der Waals surface area contributed by atoms with Crippen LogP contribution < -0.4 is 10.5 Å². The molecule has 0 bridgehead atoms. The van der Waals surface area contributed by atoms with Crippen LogP contribution in [0.3, 0.4) is 0 Å². The van der Waals surface area contributed by atoms with Crippen molar-refractivity contribution in [2.24, 2.45) is 5.73 Å². The molecule has 2 rings (SSSR count). The molecule has 1 aliphatic heterocycles. The summed E-state index contributed by atoms with van der Waals surface area (Å²) >= 11 is 1.65. The van der Waals surface area contributed by atoms with E-state index in [4.69, 9.17) is 15.6 Å². The van der Waals surface area contributed by atoms with Gasteiger partial charge in [-0.15, -0.1) is 0 Å². The van der Waals surface area contributed by atoms with Crippen LogP contribution in [0, 0.1) is 0 Å². The number of carbonyl (C=O) groups is 1. The summed E-state index contributed by atoms with van der Waals surface area (Å²) < 4.78 is 5.41. The first-order valence-electron chi connectivity index (χ1n) is 5.04. The highest BCUT2D eigenvalue weighted by Crippen LogP contribution is 2.37. The molecule has 16 heavy (non-hydrogen) atoms. The molecule has 0 saturated carbocycles. The molecule has 0 saturated heterocycles. The second-order valence-corrected chi connectivity index (χ2v) is 4.62. The lowest BCUT2D eigenvalue weighted by Gasteiger charge is -2.11. The van der Waals surface area contributed by atoms with Gasteiger partial charge in [-0.05, 0) is 24.1 Å². The minimum Gasteiger partial charge on any atom is -0.481 e. The van der Waals surface area contributed by atoms with Crippen molar-refractivity contribution in [3.63, 3.8) is 0 Å². The zero-order chi connectivity index (χ0) is 11.5. The fourth-order valence-electron chi connectivity index (χ4n) is 1.59. The van der Waals surface area contributed by atoms with Gasteiger partial charge in [-0.25, -0.2) is 0 Å². The Balaban J connectivity index is 2.06. The molecular formula is C11H13NO3S. The fraction of sp³-hybridized carbons (Fsp3) is 0.364. The number of carboxylic acids is 1. The van der Waals surface area contributed by atoms with Crippen molar-refractivity contribution in [3.05, 3.63) is 23.8 Å². The molecule has 1 unspecified atom stereocenters. The minimum absolute atomic E-state index is 0.0911. The van der Waals surface area contributed by atoms with Gasteiger partial charge in [0.25, 0.3) is 0 Å². The summed E-state index contributed by atoms with van der Waals surface area (Å²) in [5, 5.41) is 8.58. The van der Waals surface area contributed by atoms with Crippen molar-refractivity contribution in [2.45, 2.75) is 23.8 Å². The van der Waals surface area contributed by atoms with Crippen LogP contribution in [-0.4, -0.2) is 17.0 Å². The van der Waals surface area contributed by atoms with Crippen LogP contribution in [0.5, 0.6) is 5.75 Å². The molecule has 1 aliphatic rings. The highest BCUT2D eigenvalue weighted by atomic mass is 32.2. The summed E-state index contributed by atoms with van der Waals surface area (Å²) in [5.41, 5.74) is 6.84. The van der Waals surface area contributed by atoms with E-state index >= 15 is 0 Å². The molecule has 0 spiro atoms. The first-order valence-corrected chi connectivity index (χ1v) is 6.02. The van der Waals surface area contributed by atoms with Gasteiger partial charge >= 0.3 is 5.97 Å². The molecule has 4 nitrogen and oxygen atoms in total. The van der Waals surface area contributed by atoms with Gasteiger partial charge in [-0.2, -0.15) is 0 Å². The Kier molecular flexibility index (Phi) is 3.36. The van der Waals surface area contributed by atoms with Gasteiger partial charge in [-0.1, -0.05) is 17.8 Å². The smallest absolute Gasteiger partial charge is 0.303 e. The Hall–Kier alpha value is -1.20.